The van der Waals surface area contributed by atoms with Crippen molar-refractivity contribution in [3.05, 3.63) is 0 Å². The van der Waals surface area contributed by atoms with Gasteiger partial charge in [0.2, 0.25) is 17.7 Å². The van der Waals surface area contributed by atoms with Crippen molar-refractivity contribution in [2.75, 3.05) is 6.54 Å². The SMILES string of the molecule is CC(=O)N1CCC[C@H]1C(=O)N[C@@H](C)C(N)=O. The molecule has 6 heteroatoms. The third-order valence-electron chi connectivity index (χ3n) is 2.75. The molecule has 1 rings (SSSR count). The summed E-state index contributed by atoms with van der Waals surface area (Å²) in [6, 6.07) is -1.17. The Labute approximate surface area is 94.2 Å². The van der Waals surface area contributed by atoms with Crippen LogP contribution in [0.2, 0.25) is 0 Å². The molecule has 0 aromatic heterocycles. The van der Waals surface area contributed by atoms with Crippen molar-refractivity contribution in [1.29, 1.82) is 0 Å². The van der Waals surface area contributed by atoms with E-state index in [-0.39, 0.29) is 11.8 Å². The zero-order valence-electron chi connectivity index (χ0n) is 9.53. The molecule has 3 N–H and O–H groups in total. The number of hydrogen-bond acceptors (Lipinski definition) is 3. The van der Waals surface area contributed by atoms with Crippen LogP contribution in [0.4, 0.5) is 0 Å². The zero-order valence-corrected chi connectivity index (χ0v) is 9.53. The number of nitrogens with zero attached hydrogens (tertiary/aromatic N) is 1. The summed E-state index contributed by atoms with van der Waals surface area (Å²) in [7, 11) is 0. The van der Waals surface area contributed by atoms with Crippen LogP contribution in [0.15, 0.2) is 0 Å². The number of nitrogens with one attached hydrogen (secondary N) is 1. The van der Waals surface area contributed by atoms with E-state index in [1.54, 1.807) is 0 Å². The zero-order chi connectivity index (χ0) is 12.3. The molecule has 0 aliphatic carbocycles. The van der Waals surface area contributed by atoms with Gasteiger partial charge in [-0.3, -0.25) is 14.4 Å². The molecule has 0 bridgehead atoms. The fraction of sp³-hybridized carbons (Fsp3) is 0.700. The number of nitrogens with two attached hydrogens (primary N) is 1. The second kappa shape index (κ2) is 4.96. The molecule has 1 aliphatic heterocycles. The minimum absolute atomic E-state index is 0.121. The molecule has 0 unspecified atom stereocenters. The van der Waals surface area contributed by atoms with Crippen molar-refractivity contribution in [1.82, 2.24) is 10.2 Å². The van der Waals surface area contributed by atoms with Crippen molar-refractivity contribution in [2.45, 2.75) is 38.8 Å². The Hall–Kier alpha value is -1.59. The lowest BCUT2D eigenvalue weighted by molar-refractivity contribution is -0.137. The highest BCUT2D eigenvalue weighted by Gasteiger charge is 2.33. The number of likely N-dealkylation sites (tertiary alicyclic amines) is 1. The van der Waals surface area contributed by atoms with Crippen LogP contribution in [0.25, 0.3) is 0 Å². The summed E-state index contributed by atoms with van der Waals surface area (Å²) in [4.78, 5) is 35.3. The lowest BCUT2D eigenvalue weighted by Crippen LogP contribution is -2.50. The summed E-state index contributed by atoms with van der Waals surface area (Å²) in [5.74, 6) is -1.01. The van der Waals surface area contributed by atoms with Crippen molar-refractivity contribution in [3.8, 4) is 0 Å². The van der Waals surface area contributed by atoms with Gasteiger partial charge in [-0.15, -0.1) is 0 Å². The first-order valence-corrected chi connectivity index (χ1v) is 5.30. The van der Waals surface area contributed by atoms with Gasteiger partial charge in [0, 0.05) is 13.5 Å². The summed E-state index contributed by atoms with van der Waals surface area (Å²) < 4.78 is 0. The quantitative estimate of drug-likeness (QED) is 0.647. The molecular formula is C10H17N3O3. The Morgan fingerprint density at radius 1 is 1.44 bits per heavy atom. The molecule has 0 radical (unpaired) electrons. The van der Waals surface area contributed by atoms with Gasteiger partial charge in [-0.05, 0) is 19.8 Å². The summed E-state index contributed by atoms with van der Waals surface area (Å²) >= 11 is 0. The van der Waals surface area contributed by atoms with Crippen molar-refractivity contribution in [2.24, 2.45) is 5.73 Å². The van der Waals surface area contributed by atoms with Crippen LogP contribution in [0.5, 0.6) is 0 Å². The van der Waals surface area contributed by atoms with Crippen molar-refractivity contribution in [3.63, 3.8) is 0 Å². The third-order valence-corrected chi connectivity index (χ3v) is 2.75. The predicted octanol–water partition coefficient (Wildman–Crippen LogP) is -1.01. The van der Waals surface area contributed by atoms with Crippen LogP contribution < -0.4 is 11.1 Å². The molecule has 1 fully saturated rings. The van der Waals surface area contributed by atoms with Crippen LogP contribution in [0.3, 0.4) is 0 Å². The van der Waals surface area contributed by atoms with E-state index in [4.69, 9.17) is 5.73 Å². The van der Waals surface area contributed by atoms with E-state index < -0.39 is 18.0 Å². The Morgan fingerprint density at radius 3 is 2.56 bits per heavy atom. The van der Waals surface area contributed by atoms with Crippen molar-refractivity contribution < 1.29 is 14.4 Å². The molecule has 2 atom stereocenters. The fourth-order valence-corrected chi connectivity index (χ4v) is 1.80. The number of amides is 3. The van der Waals surface area contributed by atoms with E-state index in [9.17, 15) is 14.4 Å². The highest BCUT2D eigenvalue weighted by atomic mass is 16.2. The molecule has 0 aromatic rings. The van der Waals surface area contributed by atoms with Gasteiger partial charge in [-0.1, -0.05) is 0 Å². The molecular weight excluding hydrogens is 210 g/mol. The Kier molecular flexibility index (Phi) is 3.87. The molecule has 6 nitrogen and oxygen atoms in total. The number of hydrogen-bond donors (Lipinski definition) is 2. The number of primary amides is 1. The molecule has 1 heterocycles. The van der Waals surface area contributed by atoms with Crippen molar-refractivity contribution >= 4 is 17.7 Å². The summed E-state index contributed by atoms with van der Waals surface area (Å²) in [5.41, 5.74) is 5.04. The second-order valence-electron chi connectivity index (χ2n) is 4.00. The van der Waals surface area contributed by atoms with E-state index in [1.165, 1.54) is 18.7 Å². The van der Waals surface area contributed by atoms with Gasteiger partial charge in [0.05, 0.1) is 0 Å². The Bertz CT molecular complexity index is 316. The number of carbonyl (C=O) groups is 3. The second-order valence-corrected chi connectivity index (χ2v) is 4.00. The van der Waals surface area contributed by atoms with Gasteiger partial charge >= 0.3 is 0 Å². The molecule has 1 aliphatic rings. The van der Waals surface area contributed by atoms with Crippen LogP contribution in [0.1, 0.15) is 26.7 Å². The first-order chi connectivity index (χ1) is 7.43. The van der Waals surface area contributed by atoms with E-state index >= 15 is 0 Å². The van der Waals surface area contributed by atoms with Gasteiger partial charge in [0.1, 0.15) is 12.1 Å². The average Bonchev–Trinajstić information content (AvgIpc) is 2.65. The maximum Gasteiger partial charge on any atom is 0.243 e. The van der Waals surface area contributed by atoms with E-state index in [2.05, 4.69) is 5.32 Å². The van der Waals surface area contributed by atoms with Crippen LogP contribution in [0, 0.1) is 0 Å². The van der Waals surface area contributed by atoms with Gasteiger partial charge in [0.15, 0.2) is 0 Å². The number of rotatable bonds is 3. The van der Waals surface area contributed by atoms with Crippen LogP contribution in [-0.4, -0.2) is 41.2 Å². The first-order valence-electron chi connectivity index (χ1n) is 5.30. The molecule has 3 amide bonds. The topological polar surface area (TPSA) is 92.5 Å². The molecule has 90 valence electrons. The molecule has 1 saturated heterocycles. The maximum atomic E-state index is 11.8. The monoisotopic (exact) mass is 227 g/mol. The largest absolute Gasteiger partial charge is 0.368 e. The highest BCUT2D eigenvalue weighted by molar-refractivity contribution is 5.91. The van der Waals surface area contributed by atoms with Gasteiger partial charge < -0.3 is 16.0 Å². The smallest absolute Gasteiger partial charge is 0.243 e. The van der Waals surface area contributed by atoms with Gasteiger partial charge in [-0.25, -0.2) is 0 Å². The Balaban J connectivity index is 2.60. The summed E-state index contributed by atoms with van der Waals surface area (Å²) in [5, 5.41) is 2.50. The lowest BCUT2D eigenvalue weighted by Gasteiger charge is -2.23. The third kappa shape index (κ3) is 2.71. The van der Waals surface area contributed by atoms with Gasteiger partial charge in [0.25, 0.3) is 0 Å². The molecule has 0 aromatic carbocycles. The predicted molar refractivity (Wildman–Crippen MR) is 57.2 cm³/mol. The lowest BCUT2D eigenvalue weighted by atomic mass is 10.2. The number of carbonyl (C=O) groups excluding carboxylic acids is 3. The minimum Gasteiger partial charge on any atom is -0.368 e. The first kappa shape index (κ1) is 12.5. The summed E-state index contributed by atoms with van der Waals surface area (Å²) in [6.07, 6.45) is 1.44. The van der Waals surface area contributed by atoms with E-state index in [1.807, 2.05) is 0 Å². The molecule has 0 saturated carbocycles. The normalized spacial score (nSPS) is 21.6. The highest BCUT2D eigenvalue weighted by Crippen LogP contribution is 2.17. The summed E-state index contributed by atoms with van der Waals surface area (Å²) in [6.45, 7) is 3.55. The van der Waals surface area contributed by atoms with E-state index in [0.29, 0.717) is 13.0 Å². The fourth-order valence-electron chi connectivity index (χ4n) is 1.80. The van der Waals surface area contributed by atoms with E-state index in [0.717, 1.165) is 6.42 Å². The molecule has 16 heavy (non-hydrogen) atoms. The van der Waals surface area contributed by atoms with Crippen LogP contribution in [-0.2, 0) is 14.4 Å². The standard InChI is InChI=1S/C10H17N3O3/c1-6(9(11)15)12-10(16)8-4-3-5-13(8)7(2)14/h6,8H,3-5H2,1-2H3,(H2,11,15)(H,12,16)/t6-,8-/m0/s1. The molecule has 0 spiro atoms. The van der Waals surface area contributed by atoms with Crippen LogP contribution >= 0.6 is 0 Å². The maximum absolute atomic E-state index is 11.8. The Morgan fingerprint density at radius 2 is 2.06 bits per heavy atom. The minimum atomic E-state index is -0.707. The van der Waals surface area contributed by atoms with Gasteiger partial charge in [-0.2, -0.15) is 0 Å². The average molecular weight is 227 g/mol.